The molecule has 112 valence electrons. The Bertz CT molecular complexity index is 760. The zero-order valence-electron chi connectivity index (χ0n) is 12.5. The second-order valence-corrected chi connectivity index (χ2v) is 5.73. The highest BCUT2D eigenvalue weighted by Crippen LogP contribution is 2.26. The van der Waals surface area contributed by atoms with Gasteiger partial charge in [-0.3, -0.25) is 9.88 Å². The quantitative estimate of drug-likeness (QED) is 0.806. The molecule has 0 bridgehead atoms. The maximum atomic E-state index is 5.98. The minimum Gasteiger partial charge on any atom is -0.460 e. The van der Waals surface area contributed by atoms with Gasteiger partial charge in [-0.2, -0.15) is 0 Å². The van der Waals surface area contributed by atoms with Crippen LogP contribution in [0.1, 0.15) is 5.76 Å². The van der Waals surface area contributed by atoms with Gasteiger partial charge in [-0.15, -0.1) is 0 Å². The number of furan rings is 1. The van der Waals surface area contributed by atoms with Gasteiger partial charge in [-0.25, -0.2) is 0 Å². The Balaban J connectivity index is 1.60. The molecule has 2 aromatic heterocycles. The highest BCUT2D eigenvalue weighted by Gasteiger charge is 2.13. The van der Waals surface area contributed by atoms with Gasteiger partial charge in [0.05, 0.1) is 6.54 Å². The van der Waals surface area contributed by atoms with Crippen LogP contribution in [0.15, 0.2) is 53.2 Å². The molecule has 0 aliphatic carbocycles. The lowest BCUT2D eigenvalue weighted by molar-refractivity contribution is 0.218. The van der Waals surface area contributed by atoms with Crippen molar-refractivity contribution >= 4 is 11.0 Å². The van der Waals surface area contributed by atoms with Gasteiger partial charge >= 0.3 is 0 Å². The predicted molar refractivity (Wildman–Crippen MR) is 87.6 cm³/mol. The van der Waals surface area contributed by atoms with E-state index in [1.165, 1.54) is 5.56 Å². The van der Waals surface area contributed by atoms with Crippen LogP contribution in [0.4, 0.5) is 0 Å². The normalized spacial score (nSPS) is 16.2. The van der Waals surface area contributed by atoms with Crippen molar-refractivity contribution in [2.45, 2.75) is 6.54 Å². The van der Waals surface area contributed by atoms with E-state index in [0.29, 0.717) is 0 Å². The van der Waals surface area contributed by atoms with Gasteiger partial charge in [0.25, 0.3) is 0 Å². The summed E-state index contributed by atoms with van der Waals surface area (Å²) >= 11 is 0. The van der Waals surface area contributed by atoms with Crippen LogP contribution in [-0.4, -0.2) is 36.1 Å². The first-order valence-electron chi connectivity index (χ1n) is 7.74. The first-order chi connectivity index (χ1) is 10.9. The summed E-state index contributed by atoms with van der Waals surface area (Å²) < 4.78 is 5.98. The maximum Gasteiger partial charge on any atom is 0.134 e. The monoisotopic (exact) mass is 293 g/mol. The predicted octanol–water partition coefficient (Wildman–Crippen LogP) is 2.90. The Kier molecular flexibility index (Phi) is 3.62. The van der Waals surface area contributed by atoms with E-state index < -0.39 is 0 Å². The molecule has 0 atom stereocenters. The number of hydrogen-bond acceptors (Lipinski definition) is 4. The molecule has 1 aliphatic rings. The molecule has 4 nitrogen and oxygen atoms in total. The molecule has 0 saturated carbocycles. The minimum atomic E-state index is 0.887. The van der Waals surface area contributed by atoms with Gasteiger partial charge in [0.1, 0.15) is 11.3 Å². The highest BCUT2D eigenvalue weighted by molar-refractivity contribution is 5.83. The van der Waals surface area contributed by atoms with Crippen molar-refractivity contribution in [3.63, 3.8) is 0 Å². The van der Waals surface area contributed by atoms with E-state index in [0.717, 1.165) is 55.0 Å². The number of aromatic nitrogens is 1. The van der Waals surface area contributed by atoms with Gasteiger partial charge < -0.3 is 9.73 Å². The Morgan fingerprint density at radius 1 is 1.09 bits per heavy atom. The van der Waals surface area contributed by atoms with Crippen molar-refractivity contribution in [1.29, 1.82) is 0 Å². The lowest BCUT2D eigenvalue weighted by Crippen LogP contribution is -2.42. The highest BCUT2D eigenvalue weighted by atomic mass is 16.3. The SMILES string of the molecule is c1cncc(-c2ccc3oc(CN4CCNCC4)cc3c2)c1. The zero-order chi connectivity index (χ0) is 14.8. The van der Waals surface area contributed by atoms with Gasteiger partial charge in [-0.05, 0) is 29.8 Å². The summed E-state index contributed by atoms with van der Waals surface area (Å²) in [4.78, 5) is 6.61. The van der Waals surface area contributed by atoms with Crippen LogP contribution in [0.5, 0.6) is 0 Å². The second-order valence-electron chi connectivity index (χ2n) is 5.73. The lowest BCUT2D eigenvalue weighted by Gasteiger charge is -2.26. The van der Waals surface area contributed by atoms with E-state index in [-0.39, 0.29) is 0 Å². The van der Waals surface area contributed by atoms with E-state index in [1.54, 1.807) is 6.20 Å². The van der Waals surface area contributed by atoms with Crippen LogP contribution in [-0.2, 0) is 6.54 Å². The average Bonchev–Trinajstić information content (AvgIpc) is 2.98. The molecule has 3 aromatic rings. The van der Waals surface area contributed by atoms with Crippen LogP contribution in [0.2, 0.25) is 0 Å². The molecular weight excluding hydrogens is 274 g/mol. The number of fused-ring (bicyclic) bond motifs is 1. The number of nitrogens with one attached hydrogen (secondary N) is 1. The largest absolute Gasteiger partial charge is 0.460 e. The van der Waals surface area contributed by atoms with Crippen LogP contribution < -0.4 is 5.32 Å². The summed E-state index contributed by atoms with van der Waals surface area (Å²) in [5.74, 6) is 1.04. The number of nitrogens with zero attached hydrogens (tertiary/aromatic N) is 2. The van der Waals surface area contributed by atoms with E-state index in [2.05, 4.69) is 45.5 Å². The third kappa shape index (κ3) is 2.75. The molecule has 3 heterocycles. The first kappa shape index (κ1) is 13.5. The average molecular weight is 293 g/mol. The molecule has 4 heteroatoms. The van der Waals surface area contributed by atoms with Crippen molar-refractivity contribution < 1.29 is 4.42 Å². The smallest absolute Gasteiger partial charge is 0.134 e. The summed E-state index contributed by atoms with van der Waals surface area (Å²) in [6, 6.07) is 12.5. The number of rotatable bonds is 3. The minimum absolute atomic E-state index is 0.887. The summed E-state index contributed by atoms with van der Waals surface area (Å²) in [7, 11) is 0. The van der Waals surface area contributed by atoms with Gasteiger partial charge in [0.2, 0.25) is 0 Å². The van der Waals surface area contributed by atoms with Crippen molar-refractivity contribution in [3.8, 4) is 11.1 Å². The van der Waals surface area contributed by atoms with Gasteiger partial charge in [0.15, 0.2) is 0 Å². The van der Waals surface area contributed by atoms with Crippen molar-refractivity contribution in [2.75, 3.05) is 26.2 Å². The Hall–Kier alpha value is -2.17. The van der Waals surface area contributed by atoms with Crippen LogP contribution >= 0.6 is 0 Å². The number of pyridine rings is 1. The van der Waals surface area contributed by atoms with E-state index in [1.807, 2.05) is 12.3 Å². The molecule has 1 aliphatic heterocycles. The number of piperazine rings is 1. The number of hydrogen-bond donors (Lipinski definition) is 1. The molecule has 0 amide bonds. The molecule has 0 unspecified atom stereocenters. The molecule has 0 radical (unpaired) electrons. The van der Waals surface area contributed by atoms with Crippen LogP contribution in [0.25, 0.3) is 22.1 Å². The topological polar surface area (TPSA) is 41.3 Å². The van der Waals surface area contributed by atoms with E-state index in [4.69, 9.17) is 4.42 Å². The Morgan fingerprint density at radius 3 is 2.82 bits per heavy atom. The molecule has 4 rings (SSSR count). The third-order valence-electron chi connectivity index (χ3n) is 4.15. The molecule has 0 spiro atoms. The summed E-state index contributed by atoms with van der Waals surface area (Å²) in [5.41, 5.74) is 3.27. The van der Waals surface area contributed by atoms with E-state index in [9.17, 15) is 0 Å². The van der Waals surface area contributed by atoms with Crippen molar-refractivity contribution in [2.24, 2.45) is 0 Å². The molecule has 1 saturated heterocycles. The lowest BCUT2D eigenvalue weighted by atomic mass is 10.1. The number of benzene rings is 1. The van der Waals surface area contributed by atoms with Crippen molar-refractivity contribution in [1.82, 2.24) is 15.2 Å². The molecular formula is C18H19N3O. The molecule has 1 N–H and O–H groups in total. The standard InChI is InChI=1S/C18H19N3O/c1-2-15(12-20-5-1)14-3-4-18-16(10-14)11-17(22-18)13-21-8-6-19-7-9-21/h1-5,10-12,19H,6-9,13H2. The maximum absolute atomic E-state index is 5.98. The second kappa shape index (κ2) is 5.91. The molecule has 22 heavy (non-hydrogen) atoms. The van der Waals surface area contributed by atoms with Gasteiger partial charge in [0, 0.05) is 49.5 Å². The molecule has 1 fully saturated rings. The van der Waals surface area contributed by atoms with Crippen molar-refractivity contribution in [3.05, 3.63) is 54.6 Å². The fourth-order valence-electron chi connectivity index (χ4n) is 2.98. The first-order valence-corrected chi connectivity index (χ1v) is 7.74. The van der Waals surface area contributed by atoms with E-state index >= 15 is 0 Å². The van der Waals surface area contributed by atoms with Crippen LogP contribution in [0, 0.1) is 0 Å². The Morgan fingerprint density at radius 2 is 2.00 bits per heavy atom. The fourth-order valence-corrected chi connectivity index (χ4v) is 2.98. The summed E-state index contributed by atoms with van der Waals surface area (Å²) in [6.07, 6.45) is 3.69. The third-order valence-corrected chi connectivity index (χ3v) is 4.15. The van der Waals surface area contributed by atoms with Crippen LogP contribution in [0.3, 0.4) is 0 Å². The zero-order valence-corrected chi connectivity index (χ0v) is 12.5. The summed E-state index contributed by atoms with van der Waals surface area (Å²) in [5, 5.41) is 4.53. The Labute approximate surface area is 129 Å². The summed E-state index contributed by atoms with van der Waals surface area (Å²) in [6.45, 7) is 5.17. The van der Waals surface area contributed by atoms with Gasteiger partial charge in [-0.1, -0.05) is 12.1 Å². The molecule has 1 aromatic carbocycles. The fraction of sp³-hybridized carbons (Fsp3) is 0.278.